The Morgan fingerprint density at radius 1 is 1.22 bits per heavy atom. The molecule has 1 amide bonds. The molecule has 1 spiro atoms. The fourth-order valence-electron chi connectivity index (χ4n) is 4.83. The number of nitrogens with zero attached hydrogens (tertiary/aromatic N) is 1. The number of aliphatic hydroxyl groups excluding tert-OH is 2. The Morgan fingerprint density at radius 3 is 2.70 bits per heavy atom. The molecule has 5 heteroatoms. The number of β-amino-alcohol motifs (C(OH)–C–C–N with tert-alkyl or cyclic N) is 1. The van der Waals surface area contributed by atoms with Crippen molar-refractivity contribution in [1.29, 1.82) is 0 Å². The van der Waals surface area contributed by atoms with Crippen molar-refractivity contribution in [2.24, 2.45) is 11.3 Å². The average Bonchev–Trinajstić information content (AvgIpc) is 3.23. The van der Waals surface area contributed by atoms with Crippen LogP contribution in [0.1, 0.15) is 17.0 Å². The molecule has 0 unspecified atom stereocenters. The summed E-state index contributed by atoms with van der Waals surface area (Å²) in [7, 11) is 1.60. The third kappa shape index (κ3) is 3.01. The van der Waals surface area contributed by atoms with Gasteiger partial charge in [-0.2, -0.15) is 0 Å². The monoisotopic (exact) mass is 367 g/mol. The quantitative estimate of drug-likeness (QED) is 0.846. The highest BCUT2D eigenvalue weighted by atomic mass is 16.5. The van der Waals surface area contributed by atoms with Gasteiger partial charge in [-0.05, 0) is 35.1 Å². The van der Waals surface area contributed by atoms with E-state index >= 15 is 0 Å². The maximum absolute atomic E-state index is 12.8. The van der Waals surface area contributed by atoms with Crippen molar-refractivity contribution in [3.63, 3.8) is 0 Å². The summed E-state index contributed by atoms with van der Waals surface area (Å²) in [5.74, 6) is 0.803. The lowest BCUT2D eigenvalue weighted by molar-refractivity contribution is -0.129. The van der Waals surface area contributed by atoms with Crippen LogP contribution >= 0.6 is 0 Å². The number of likely N-dealkylation sites (tertiary alicyclic amines) is 1. The summed E-state index contributed by atoms with van der Waals surface area (Å²) < 4.78 is 5.22. The van der Waals surface area contributed by atoms with Crippen molar-refractivity contribution in [3.8, 4) is 5.75 Å². The summed E-state index contributed by atoms with van der Waals surface area (Å²) in [5.41, 5.74) is 1.58. The van der Waals surface area contributed by atoms with Crippen LogP contribution in [0.15, 0.2) is 54.6 Å². The molecule has 4 atom stereocenters. The van der Waals surface area contributed by atoms with Gasteiger partial charge < -0.3 is 19.8 Å². The summed E-state index contributed by atoms with van der Waals surface area (Å²) in [6, 6.07) is 17.5. The van der Waals surface area contributed by atoms with Crippen LogP contribution in [0.3, 0.4) is 0 Å². The zero-order valence-corrected chi connectivity index (χ0v) is 15.4. The molecule has 4 rings (SSSR count). The maximum Gasteiger partial charge on any atom is 0.227 e. The first kappa shape index (κ1) is 18.0. The maximum atomic E-state index is 12.8. The molecule has 0 aromatic heterocycles. The van der Waals surface area contributed by atoms with Crippen LogP contribution in [0.5, 0.6) is 5.75 Å². The van der Waals surface area contributed by atoms with Crippen LogP contribution in [0.4, 0.5) is 0 Å². The van der Waals surface area contributed by atoms with Crippen molar-refractivity contribution in [1.82, 2.24) is 4.90 Å². The Kier molecular flexibility index (Phi) is 4.66. The molecule has 142 valence electrons. The molecule has 2 aliphatic rings. The largest absolute Gasteiger partial charge is 0.497 e. The molecule has 1 heterocycles. The van der Waals surface area contributed by atoms with Gasteiger partial charge in [-0.15, -0.1) is 0 Å². The fraction of sp³-hybridized carbons (Fsp3) is 0.409. The summed E-state index contributed by atoms with van der Waals surface area (Å²) in [6.07, 6.45) is -0.339. The van der Waals surface area contributed by atoms with Crippen LogP contribution in [0, 0.1) is 11.3 Å². The molecule has 0 radical (unpaired) electrons. The number of hydrogen-bond acceptors (Lipinski definition) is 4. The van der Waals surface area contributed by atoms with Gasteiger partial charge in [0.2, 0.25) is 5.91 Å². The number of amides is 1. The zero-order chi connectivity index (χ0) is 19.0. The van der Waals surface area contributed by atoms with E-state index in [9.17, 15) is 15.0 Å². The molecule has 27 heavy (non-hydrogen) atoms. The van der Waals surface area contributed by atoms with Gasteiger partial charge in [0.05, 0.1) is 19.6 Å². The van der Waals surface area contributed by atoms with Crippen molar-refractivity contribution < 1.29 is 19.7 Å². The Morgan fingerprint density at radius 2 is 2.00 bits per heavy atom. The van der Waals surface area contributed by atoms with Crippen LogP contribution in [0.25, 0.3) is 0 Å². The van der Waals surface area contributed by atoms with E-state index in [1.54, 1.807) is 12.0 Å². The molecule has 1 aliphatic heterocycles. The minimum Gasteiger partial charge on any atom is -0.497 e. The summed E-state index contributed by atoms with van der Waals surface area (Å²) in [5, 5.41) is 20.7. The molecule has 5 nitrogen and oxygen atoms in total. The second-order valence-electron chi connectivity index (χ2n) is 7.61. The molecular formula is C22H25NO4. The van der Waals surface area contributed by atoms with E-state index in [-0.39, 0.29) is 30.8 Å². The number of aliphatic hydroxyl groups is 2. The van der Waals surface area contributed by atoms with E-state index in [0.29, 0.717) is 13.1 Å². The smallest absolute Gasteiger partial charge is 0.227 e. The minimum absolute atomic E-state index is 0.00502. The van der Waals surface area contributed by atoms with Gasteiger partial charge in [0.25, 0.3) is 0 Å². The summed E-state index contributed by atoms with van der Waals surface area (Å²) in [4.78, 5) is 14.6. The van der Waals surface area contributed by atoms with E-state index in [4.69, 9.17) is 4.74 Å². The molecule has 2 aromatic rings. The van der Waals surface area contributed by atoms with Crippen molar-refractivity contribution >= 4 is 5.91 Å². The predicted octanol–water partition coefficient (Wildman–Crippen LogP) is 1.83. The van der Waals surface area contributed by atoms with Crippen molar-refractivity contribution in [3.05, 3.63) is 65.7 Å². The van der Waals surface area contributed by atoms with Gasteiger partial charge in [0, 0.05) is 25.1 Å². The average molecular weight is 367 g/mol. The summed E-state index contributed by atoms with van der Waals surface area (Å²) in [6.45, 7) is 0.832. The highest BCUT2D eigenvalue weighted by Gasteiger charge is 2.71. The van der Waals surface area contributed by atoms with Gasteiger partial charge in [-0.25, -0.2) is 0 Å². The number of benzene rings is 2. The Bertz CT molecular complexity index is 824. The second-order valence-corrected chi connectivity index (χ2v) is 7.61. The molecule has 1 aliphatic carbocycles. The van der Waals surface area contributed by atoms with Crippen LogP contribution in [0.2, 0.25) is 0 Å². The van der Waals surface area contributed by atoms with Gasteiger partial charge in [-0.3, -0.25) is 4.79 Å². The molecule has 1 saturated heterocycles. The Balaban J connectivity index is 1.50. The van der Waals surface area contributed by atoms with Gasteiger partial charge in [-0.1, -0.05) is 42.5 Å². The number of hydrogen-bond donors (Lipinski definition) is 2. The van der Waals surface area contributed by atoms with E-state index in [1.165, 1.54) is 0 Å². The van der Waals surface area contributed by atoms with Gasteiger partial charge in [0.1, 0.15) is 5.75 Å². The fourth-order valence-corrected chi connectivity index (χ4v) is 4.83. The van der Waals surface area contributed by atoms with Crippen molar-refractivity contribution in [2.45, 2.75) is 18.4 Å². The molecule has 0 bridgehead atoms. The first-order valence-corrected chi connectivity index (χ1v) is 9.34. The Hall–Kier alpha value is -2.37. The number of carbonyl (C=O) groups is 1. The highest BCUT2D eigenvalue weighted by Crippen LogP contribution is 2.68. The van der Waals surface area contributed by atoms with E-state index in [2.05, 4.69) is 0 Å². The minimum atomic E-state index is -0.617. The highest BCUT2D eigenvalue weighted by molar-refractivity contribution is 5.79. The number of ether oxygens (including phenoxy) is 1. The van der Waals surface area contributed by atoms with Crippen LogP contribution in [-0.2, 0) is 11.2 Å². The lowest BCUT2D eigenvalue weighted by Gasteiger charge is -2.17. The topological polar surface area (TPSA) is 70.0 Å². The molecule has 1 saturated carbocycles. The first-order chi connectivity index (χ1) is 13.1. The van der Waals surface area contributed by atoms with E-state index < -0.39 is 11.5 Å². The normalized spacial score (nSPS) is 29.1. The third-order valence-corrected chi connectivity index (χ3v) is 6.24. The van der Waals surface area contributed by atoms with Crippen LogP contribution in [-0.4, -0.2) is 53.9 Å². The zero-order valence-electron chi connectivity index (χ0n) is 15.4. The predicted molar refractivity (Wildman–Crippen MR) is 101 cm³/mol. The number of carbonyl (C=O) groups excluding carboxylic acids is 1. The molecule has 2 fully saturated rings. The van der Waals surface area contributed by atoms with Crippen molar-refractivity contribution in [2.75, 3.05) is 26.8 Å². The van der Waals surface area contributed by atoms with E-state index in [1.807, 2.05) is 54.6 Å². The summed E-state index contributed by atoms with van der Waals surface area (Å²) >= 11 is 0. The van der Waals surface area contributed by atoms with Gasteiger partial charge >= 0.3 is 0 Å². The van der Waals surface area contributed by atoms with Crippen LogP contribution < -0.4 is 4.74 Å². The van der Waals surface area contributed by atoms with E-state index in [0.717, 1.165) is 16.9 Å². The lowest BCUT2D eigenvalue weighted by atomic mass is 9.95. The molecule has 2 N–H and O–H groups in total. The Labute approximate surface area is 159 Å². The van der Waals surface area contributed by atoms with Gasteiger partial charge in [0.15, 0.2) is 0 Å². The second kappa shape index (κ2) is 6.98. The first-order valence-electron chi connectivity index (χ1n) is 9.34. The number of methoxy groups -OCH3 is 1. The lowest BCUT2D eigenvalue weighted by Crippen LogP contribution is -2.31. The SMILES string of the molecule is COc1cccc(CC(=O)N2C[C@@H](O)[C@@]3(C2)[C@H](CO)[C@H]3c2ccccc2)c1. The molecule has 2 aromatic carbocycles. The number of rotatable bonds is 5. The molecular weight excluding hydrogens is 342 g/mol. The third-order valence-electron chi connectivity index (χ3n) is 6.24. The standard InChI is InChI=1S/C22H25NO4/c1-27-17-9-5-6-15(10-17)11-20(26)23-12-19(25)22(14-23)18(13-24)21(22)16-7-3-2-4-8-16/h2-10,18-19,21,24-25H,11-14H2,1H3/t18-,19-,21-,22-/m1/s1.